The van der Waals surface area contributed by atoms with Crippen molar-refractivity contribution in [3.8, 4) is 0 Å². The topological polar surface area (TPSA) is 73.9 Å². The molecule has 1 aliphatic rings. The summed E-state index contributed by atoms with van der Waals surface area (Å²) in [5.41, 5.74) is 4.45. The number of hydrogen-bond donors (Lipinski definition) is 2. The van der Waals surface area contributed by atoms with Gasteiger partial charge in [0.25, 0.3) is 0 Å². The molecule has 7 heteroatoms. The molecule has 2 N–H and O–H groups in total. The lowest BCUT2D eigenvalue weighted by Crippen LogP contribution is -2.36. The lowest BCUT2D eigenvalue weighted by atomic mass is 10.2. The first-order valence-electron chi connectivity index (χ1n) is 7.64. The van der Waals surface area contributed by atoms with Gasteiger partial charge < -0.3 is 10.2 Å². The first-order valence-corrected chi connectivity index (χ1v) is 8.52. The van der Waals surface area contributed by atoms with Gasteiger partial charge >= 0.3 is 6.03 Å². The van der Waals surface area contributed by atoms with E-state index in [0.717, 1.165) is 35.7 Å². The number of nitrogens with zero attached hydrogens (tertiary/aromatic N) is 3. The summed E-state index contributed by atoms with van der Waals surface area (Å²) in [5.74, 6) is 0. The molecule has 2 amide bonds. The van der Waals surface area contributed by atoms with Crippen LogP contribution < -0.4 is 5.32 Å². The number of H-pyrrole nitrogens is 1. The van der Waals surface area contributed by atoms with Crippen LogP contribution in [0.5, 0.6) is 0 Å². The first kappa shape index (κ1) is 15.0. The molecule has 3 rings (SSSR count). The third-order valence-electron chi connectivity index (χ3n) is 3.95. The van der Waals surface area contributed by atoms with Crippen LogP contribution in [-0.2, 0) is 32.4 Å². The van der Waals surface area contributed by atoms with Gasteiger partial charge in [-0.15, -0.1) is 11.3 Å². The highest BCUT2D eigenvalue weighted by atomic mass is 32.1. The van der Waals surface area contributed by atoms with Gasteiger partial charge in [-0.1, -0.05) is 6.92 Å². The van der Waals surface area contributed by atoms with Crippen LogP contribution in [0.4, 0.5) is 4.79 Å². The molecule has 2 aromatic heterocycles. The van der Waals surface area contributed by atoms with Crippen LogP contribution in [0.15, 0.2) is 5.38 Å². The fourth-order valence-electron chi connectivity index (χ4n) is 2.71. The molecule has 0 saturated carbocycles. The van der Waals surface area contributed by atoms with E-state index in [1.807, 2.05) is 5.38 Å². The van der Waals surface area contributed by atoms with Crippen LogP contribution in [0, 0.1) is 0 Å². The Morgan fingerprint density at radius 3 is 3.14 bits per heavy atom. The number of rotatable bonds is 5. The SMILES string of the molecule is CCc1nc(CNC(=O)N(C)Cc2n[nH]c3c2CCC3)cs1. The molecule has 2 heterocycles. The van der Waals surface area contributed by atoms with E-state index in [9.17, 15) is 4.79 Å². The van der Waals surface area contributed by atoms with E-state index in [-0.39, 0.29) is 6.03 Å². The molecular weight excluding hydrogens is 298 g/mol. The van der Waals surface area contributed by atoms with Gasteiger partial charge in [0, 0.05) is 18.1 Å². The Hall–Kier alpha value is -1.89. The maximum absolute atomic E-state index is 12.2. The number of aromatic amines is 1. The van der Waals surface area contributed by atoms with Crippen LogP contribution in [0.1, 0.15) is 41.0 Å². The van der Waals surface area contributed by atoms with E-state index in [2.05, 4.69) is 27.4 Å². The second-order valence-electron chi connectivity index (χ2n) is 5.58. The number of aryl methyl sites for hydroxylation is 2. The molecule has 0 aromatic carbocycles. The van der Waals surface area contributed by atoms with E-state index < -0.39 is 0 Å². The lowest BCUT2D eigenvalue weighted by Gasteiger charge is -2.17. The third kappa shape index (κ3) is 3.14. The average Bonchev–Trinajstić information content (AvgIpc) is 3.22. The fraction of sp³-hybridized carbons (Fsp3) is 0.533. The van der Waals surface area contributed by atoms with Gasteiger partial charge in [0.05, 0.1) is 29.5 Å². The molecule has 0 atom stereocenters. The van der Waals surface area contributed by atoms with E-state index in [1.165, 1.54) is 17.7 Å². The number of amides is 2. The Morgan fingerprint density at radius 1 is 1.50 bits per heavy atom. The number of urea groups is 1. The molecular formula is C15H21N5OS. The molecule has 0 fully saturated rings. The van der Waals surface area contributed by atoms with E-state index in [0.29, 0.717) is 13.1 Å². The zero-order valence-corrected chi connectivity index (χ0v) is 13.8. The molecule has 0 spiro atoms. The van der Waals surface area contributed by atoms with E-state index in [4.69, 9.17) is 0 Å². The summed E-state index contributed by atoms with van der Waals surface area (Å²) in [6.45, 7) is 3.09. The molecule has 0 radical (unpaired) electrons. The van der Waals surface area contributed by atoms with Crippen molar-refractivity contribution in [1.29, 1.82) is 0 Å². The highest BCUT2D eigenvalue weighted by Crippen LogP contribution is 2.23. The quantitative estimate of drug-likeness (QED) is 0.888. The Bertz CT molecular complexity index is 663. The standard InChI is InChI=1S/C15H21N5OS/c1-3-14-17-10(9-22-14)7-16-15(21)20(2)8-13-11-5-4-6-12(11)18-19-13/h9H,3-8H2,1-2H3,(H,16,21)(H,18,19). The Labute approximate surface area is 133 Å². The number of carbonyl (C=O) groups is 1. The summed E-state index contributed by atoms with van der Waals surface area (Å²) in [5, 5.41) is 13.4. The molecule has 6 nitrogen and oxygen atoms in total. The Balaban J connectivity index is 1.53. The van der Waals surface area contributed by atoms with Gasteiger partial charge in [-0.2, -0.15) is 5.10 Å². The van der Waals surface area contributed by atoms with Crippen LogP contribution in [-0.4, -0.2) is 33.2 Å². The number of aromatic nitrogens is 3. The second-order valence-corrected chi connectivity index (χ2v) is 6.52. The van der Waals surface area contributed by atoms with Gasteiger partial charge in [-0.25, -0.2) is 9.78 Å². The highest BCUT2D eigenvalue weighted by molar-refractivity contribution is 7.09. The maximum atomic E-state index is 12.2. The first-order chi connectivity index (χ1) is 10.7. The zero-order valence-electron chi connectivity index (χ0n) is 13.0. The van der Waals surface area contributed by atoms with Crippen molar-refractivity contribution in [2.45, 2.75) is 45.7 Å². The summed E-state index contributed by atoms with van der Waals surface area (Å²) >= 11 is 1.64. The fourth-order valence-corrected chi connectivity index (χ4v) is 3.45. The molecule has 118 valence electrons. The minimum Gasteiger partial charge on any atom is -0.332 e. The Kier molecular flexibility index (Phi) is 4.42. The smallest absolute Gasteiger partial charge is 0.317 e. The predicted molar refractivity (Wildman–Crippen MR) is 85.8 cm³/mol. The maximum Gasteiger partial charge on any atom is 0.317 e. The second kappa shape index (κ2) is 6.48. The van der Waals surface area contributed by atoms with Gasteiger partial charge in [0.2, 0.25) is 0 Å². The predicted octanol–water partition coefficient (Wildman–Crippen LogP) is 2.26. The van der Waals surface area contributed by atoms with Gasteiger partial charge in [-0.3, -0.25) is 5.10 Å². The molecule has 22 heavy (non-hydrogen) atoms. The summed E-state index contributed by atoms with van der Waals surface area (Å²) in [6, 6.07) is -0.0965. The summed E-state index contributed by atoms with van der Waals surface area (Å²) in [4.78, 5) is 18.3. The van der Waals surface area contributed by atoms with Crippen molar-refractivity contribution in [1.82, 2.24) is 25.4 Å². The third-order valence-corrected chi connectivity index (χ3v) is 4.99. The minimum absolute atomic E-state index is 0.0965. The summed E-state index contributed by atoms with van der Waals surface area (Å²) in [7, 11) is 1.80. The van der Waals surface area contributed by atoms with Crippen molar-refractivity contribution < 1.29 is 4.79 Å². The minimum atomic E-state index is -0.0965. The average molecular weight is 319 g/mol. The van der Waals surface area contributed by atoms with Gasteiger partial charge in [-0.05, 0) is 31.2 Å². The van der Waals surface area contributed by atoms with Gasteiger partial charge in [0.1, 0.15) is 0 Å². The van der Waals surface area contributed by atoms with Gasteiger partial charge in [0.15, 0.2) is 0 Å². The monoisotopic (exact) mass is 319 g/mol. The van der Waals surface area contributed by atoms with Crippen molar-refractivity contribution in [3.05, 3.63) is 33.0 Å². The molecule has 0 aliphatic heterocycles. The number of carbonyl (C=O) groups excluding carboxylic acids is 1. The van der Waals surface area contributed by atoms with Crippen LogP contribution in [0.2, 0.25) is 0 Å². The molecule has 0 saturated heterocycles. The zero-order chi connectivity index (χ0) is 15.5. The van der Waals surface area contributed by atoms with Crippen molar-refractivity contribution in [2.24, 2.45) is 0 Å². The molecule has 0 bridgehead atoms. The van der Waals surface area contributed by atoms with Crippen molar-refractivity contribution in [2.75, 3.05) is 7.05 Å². The number of nitrogens with one attached hydrogen (secondary N) is 2. The largest absolute Gasteiger partial charge is 0.332 e. The Morgan fingerprint density at radius 2 is 2.36 bits per heavy atom. The van der Waals surface area contributed by atoms with E-state index in [1.54, 1.807) is 23.3 Å². The molecule has 2 aromatic rings. The summed E-state index contributed by atoms with van der Waals surface area (Å²) < 4.78 is 0. The number of fused-ring (bicyclic) bond motifs is 1. The lowest BCUT2D eigenvalue weighted by molar-refractivity contribution is 0.205. The van der Waals surface area contributed by atoms with Crippen LogP contribution in [0.25, 0.3) is 0 Å². The highest BCUT2D eigenvalue weighted by Gasteiger charge is 2.20. The van der Waals surface area contributed by atoms with Crippen molar-refractivity contribution >= 4 is 17.4 Å². The number of hydrogen-bond acceptors (Lipinski definition) is 4. The van der Waals surface area contributed by atoms with Crippen LogP contribution >= 0.6 is 11.3 Å². The summed E-state index contributed by atoms with van der Waals surface area (Å²) in [6.07, 6.45) is 4.25. The van der Waals surface area contributed by atoms with Crippen LogP contribution in [0.3, 0.4) is 0 Å². The number of thiazole rings is 1. The van der Waals surface area contributed by atoms with E-state index >= 15 is 0 Å². The van der Waals surface area contributed by atoms with Crippen molar-refractivity contribution in [3.63, 3.8) is 0 Å². The molecule has 0 unspecified atom stereocenters. The molecule has 1 aliphatic carbocycles. The normalized spacial score (nSPS) is 13.2.